The number of morpholine rings is 2. The van der Waals surface area contributed by atoms with Gasteiger partial charge in [0, 0.05) is 44.8 Å². The number of carbonyl (C=O) groups excluding carboxylic acids is 2. The highest BCUT2D eigenvalue weighted by Crippen LogP contribution is 2.50. The first-order valence-electron chi connectivity index (χ1n) is 16.7. The third-order valence-electron chi connectivity index (χ3n) is 11.0. The summed E-state index contributed by atoms with van der Waals surface area (Å²) in [6, 6.07) is -0.564. The van der Waals surface area contributed by atoms with Crippen molar-refractivity contribution in [3.63, 3.8) is 0 Å². The number of fused-ring (bicyclic) bond motifs is 3. The van der Waals surface area contributed by atoms with Crippen molar-refractivity contribution in [2.75, 3.05) is 66.6 Å². The first kappa shape index (κ1) is 30.4. The average Bonchev–Trinajstić information content (AvgIpc) is 2.99. The number of carbonyl (C=O) groups is 2. The molecule has 2 N–H and O–H groups in total. The molecule has 9 nitrogen and oxygen atoms in total. The SMILES string of the molecule is CN(C)CCCCNC(=O)C1=CN2C3CC4CCCCC4CC3OC3C(NCCN4CCOCC4)C(F)CC(C1=O)C32. The maximum absolute atomic E-state index is 16.0. The van der Waals surface area contributed by atoms with Crippen LogP contribution in [0.3, 0.4) is 0 Å². The summed E-state index contributed by atoms with van der Waals surface area (Å²) in [4.78, 5) is 34.0. The molecule has 0 aromatic heterocycles. The minimum atomic E-state index is -1.21. The fourth-order valence-electron chi connectivity index (χ4n) is 8.76. The van der Waals surface area contributed by atoms with Crippen LogP contribution < -0.4 is 10.6 Å². The number of ketones is 1. The smallest absolute Gasteiger partial charge is 0.256 e. The Balaban J connectivity index is 1.21. The molecule has 236 valence electrons. The second-order valence-corrected chi connectivity index (χ2v) is 13.9. The van der Waals surface area contributed by atoms with Crippen molar-refractivity contribution in [3.05, 3.63) is 11.8 Å². The van der Waals surface area contributed by atoms with Crippen LogP contribution >= 0.6 is 0 Å². The Bertz CT molecular complexity index is 990. The summed E-state index contributed by atoms with van der Waals surface area (Å²) in [5.74, 6) is 0.237. The minimum Gasteiger partial charge on any atom is -0.379 e. The molecule has 9 atom stereocenters. The van der Waals surface area contributed by atoms with E-state index in [1.807, 2.05) is 20.3 Å². The third kappa shape index (κ3) is 6.43. The summed E-state index contributed by atoms with van der Waals surface area (Å²) in [6.45, 7) is 6.29. The molecule has 6 aliphatic rings. The van der Waals surface area contributed by atoms with Gasteiger partial charge in [-0.1, -0.05) is 25.7 Å². The number of alkyl halides is 1. The summed E-state index contributed by atoms with van der Waals surface area (Å²) in [7, 11) is 4.08. The van der Waals surface area contributed by atoms with Crippen molar-refractivity contribution in [2.24, 2.45) is 17.8 Å². The fraction of sp³-hybridized carbons (Fsp3) is 0.875. The number of hydrogen-bond acceptors (Lipinski definition) is 8. The molecule has 3 aliphatic carbocycles. The van der Waals surface area contributed by atoms with Crippen LogP contribution in [0.4, 0.5) is 4.39 Å². The highest BCUT2D eigenvalue weighted by Gasteiger charge is 2.59. The zero-order valence-corrected chi connectivity index (χ0v) is 25.6. The number of Topliss-reactive ketones (excluding diaryl/α,β-unsaturated/α-hetero) is 1. The number of rotatable bonds is 10. The number of amides is 1. The highest BCUT2D eigenvalue weighted by atomic mass is 19.1. The van der Waals surface area contributed by atoms with E-state index in [1.54, 1.807) is 0 Å². The molecule has 0 radical (unpaired) electrons. The highest BCUT2D eigenvalue weighted by molar-refractivity contribution is 6.20. The quantitative estimate of drug-likeness (QED) is 0.296. The molecule has 3 saturated carbocycles. The molecule has 2 saturated heterocycles. The van der Waals surface area contributed by atoms with Crippen LogP contribution in [0, 0.1) is 17.8 Å². The van der Waals surface area contributed by atoms with Crippen molar-refractivity contribution < 1.29 is 23.5 Å². The van der Waals surface area contributed by atoms with Gasteiger partial charge in [-0.25, -0.2) is 4.39 Å². The molecular formula is C32H52FN5O4. The minimum absolute atomic E-state index is 0.000102. The lowest BCUT2D eigenvalue weighted by molar-refractivity contribution is -0.208. The van der Waals surface area contributed by atoms with Crippen molar-refractivity contribution >= 4 is 11.7 Å². The van der Waals surface area contributed by atoms with Crippen molar-refractivity contribution in [1.82, 2.24) is 25.3 Å². The molecule has 5 fully saturated rings. The lowest BCUT2D eigenvalue weighted by atomic mass is 9.65. The van der Waals surface area contributed by atoms with E-state index in [0.717, 1.165) is 65.1 Å². The first-order chi connectivity index (χ1) is 20.4. The predicted octanol–water partition coefficient (Wildman–Crippen LogP) is 1.97. The van der Waals surface area contributed by atoms with Crippen molar-refractivity contribution in [1.29, 1.82) is 0 Å². The average molecular weight is 590 g/mol. The molecule has 10 heteroatoms. The molecule has 0 bridgehead atoms. The Kier molecular flexibility index (Phi) is 9.85. The number of nitrogens with one attached hydrogen (secondary N) is 2. The summed E-state index contributed by atoms with van der Waals surface area (Å²) in [5.41, 5.74) is 0.208. The van der Waals surface area contributed by atoms with Gasteiger partial charge in [0.15, 0.2) is 5.78 Å². The number of halogens is 1. The summed E-state index contributed by atoms with van der Waals surface area (Å²) in [5, 5.41) is 6.53. The van der Waals surface area contributed by atoms with E-state index in [9.17, 15) is 9.59 Å². The second kappa shape index (κ2) is 13.6. The standard InChI is InChI=1S/C32H52FN5O4/c1-36(2)11-6-5-9-35-32(40)24-20-38-26-17-21-7-3-4-8-22(21)18-27(26)42-31-28(25(33)19-23(29(31)38)30(24)39)34-10-12-37-13-15-41-16-14-37/h20-23,25-29,31,34H,3-19H2,1-2H3,(H,35,40). The number of unbranched alkanes of at least 4 members (excludes halogenated alkanes) is 1. The topological polar surface area (TPSA) is 86.4 Å². The van der Waals surface area contributed by atoms with Crippen LogP contribution in [0.5, 0.6) is 0 Å². The number of nitrogens with zero attached hydrogens (tertiary/aromatic N) is 3. The van der Waals surface area contributed by atoms with Gasteiger partial charge < -0.3 is 29.9 Å². The maximum Gasteiger partial charge on any atom is 0.256 e. The van der Waals surface area contributed by atoms with E-state index in [0.29, 0.717) is 24.9 Å². The van der Waals surface area contributed by atoms with Gasteiger partial charge >= 0.3 is 0 Å². The number of hydrogen-bond donors (Lipinski definition) is 2. The molecular weight excluding hydrogens is 537 g/mol. The molecule has 9 unspecified atom stereocenters. The van der Waals surface area contributed by atoms with Crippen molar-refractivity contribution in [2.45, 2.75) is 94.3 Å². The molecule has 3 heterocycles. The lowest BCUT2D eigenvalue weighted by Crippen LogP contribution is -2.73. The fourth-order valence-corrected chi connectivity index (χ4v) is 8.76. The molecule has 0 aromatic rings. The van der Waals surface area contributed by atoms with E-state index in [1.165, 1.54) is 25.7 Å². The lowest BCUT2D eigenvalue weighted by Gasteiger charge is -2.61. The monoisotopic (exact) mass is 589 g/mol. The molecule has 3 aliphatic heterocycles. The maximum atomic E-state index is 16.0. The van der Waals surface area contributed by atoms with Gasteiger partial charge in [-0.15, -0.1) is 0 Å². The van der Waals surface area contributed by atoms with E-state index < -0.39 is 24.2 Å². The molecule has 0 spiro atoms. The van der Waals surface area contributed by atoms with Gasteiger partial charge in [0.05, 0.1) is 49.1 Å². The van der Waals surface area contributed by atoms with Gasteiger partial charge in [-0.05, 0) is 64.6 Å². The summed E-state index contributed by atoms with van der Waals surface area (Å²) in [6.07, 6.45) is 9.28. The zero-order valence-electron chi connectivity index (χ0n) is 25.6. The Morgan fingerprint density at radius 3 is 2.60 bits per heavy atom. The van der Waals surface area contributed by atoms with E-state index in [-0.39, 0.29) is 41.9 Å². The van der Waals surface area contributed by atoms with Crippen molar-refractivity contribution in [3.8, 4) is 0 Å². The van der Waals surface area contributed by atoms with E-state index >= 15 is 4.39 Å². The largest absolute Gasteiger partial charge is 0.379 e. The first-order valence-corrected chi connectivity index (χ1v) is 16.7. The summed E-state index contributed by atoms with van der Waals surface area (Å²) < 4.78 is 28.4. The van der Waals surface area contributed by atoms with Crippen LogP contribution in [0.15, 0.2) is 11.8 Å². The van der Waals surface area contributed by atoms with Crippen LogP contribution in [0.2, 0.25) is 0 Å². The molecule has 42 heavy (non-hydrogen) atoms. The van der Waals surface area contributed by atoms with Gasteiger partial charge in [0.1, 0.15) is 6.17 Å². The Labute approximate surface area is 250 Å². The van der Waals surface area contributed by atoms with E-state index in [2.05, 4.69) is 25.3 Å². The normalized spacial score (nSPS) is 38.4. The second-order valence-electron chi connectivity index (χ2n) is 13.9. The zero-order chi connectivity index (χ0) is 29.2. The number of ether oxygens (including phenoxy) is 2. The summed E-state index contributed by atoms with van der Waals surface area (Å²) >= 11 is 0. The predicted molar refractivity (Wildman–Crippen MR) is 159 cm³/mol. The van der Waals surface area contributed by atoms with Gasteiger partial charge in [-0.2, -0.15) is 0 Å². The van der Waals surface area contributed by atoms with Crippen LogP contribution in [-0.4, -0.2) is 129 Å². The van der Waals surface area contributed by atoms with Crippen LogP contribution in [0.1, 0.15) is 57.8 Å². The Morgan fingerprint density at radius 1 is 1.07 bits per heavy atom. The van der Waals surface area contributed by atoms with Gasteiger partial charge in [0.2, 0.25) is 0 Å². The Morgan fingerprint density at radius 2 is 1.83 bits per heavy atom. The van der Waals surface area contributed by atoms with Gasteiger partial charge in [-0.3, -0.25) is 14.5 Å². The Hall–Kier alpha value is -1.59. The van der Waals surface area contributed by atoms with E-state index in [4.69, 9.17) is 9.47 Å². The van der Waals surface area contributed by atoms with Crippen LogP contribution in [-0.2, 0) is 19.1 Å². The molecule has 6 rings (SSSR count). The molecule has 1 amide bonds. The van der Waals surface area contributed by atoms with Crippen LogP contribution in [0.25, 0.3) is 0 Å². The third-order valence-corrected chi connectivity index (χ3v) is 11.0. The molecule has 0 aromatic carbocycles. The van der Waals surface area contributed by atoms with Gasteiger partial charge in [0.25, 0.3) is 5.91 Å².